The third-order valence-electron chi connectivity index (χ3n) is 6.16. The highest BCUT2D eigenvalue weighted by Crippen LogP contribution is 2.32. The van der Waals surface area contributed by atoms with Gasteiger partial charge in [0.2, 0.25) is 5.88 Å². The van der Waals surface area contributed by atoms with E-state index in [0.717, 1.165) is 69.4 Å². The van der Waals surface area contributed by atoms with E-state index in [0.29, 0.717) is 17.2 Å². The summed E-state index contributed by atoms with van der Waals surface area (Å²) in [5.74, 6) is 2.78. The first-order valence-electron chi connectivity index (χ1n) is 12.0. The van der Waals surface area contributed by atoms with Crippen molar-refractivity contribution in [2.45, 2.75) is 32.8 Å². The summed E-state index contributed by atoms with van der Waals surface area (Å²) in [7, 11) is 0. The number of benzene rings is 2. The number of aryl methyl sites for hydroxylation is 2. The number of ether oxygens (including phenoxy) is 2. The zero-order chi connectivity index (χ0) is 24.5. The van der Waals surface area contributed by atoms with Crippen molar-refractivity contribution in [3.8, 4) is 17.4 Å². The summed E-state index contributed by atoms with van der Waals surface area (Å²) in [6.45, 7) is 5.96. The van der Waals surface area contributed by atoms with Gasteiger partial charge >= 0.3 is 0 Å². The average molecular weight is 499 g/mol. The fourth-order valence-electron chi connectivity index (χ4n) is 4.35. The number of thiazole rings is 1. The van der Waals surface area contributed by atoms with Gasteiger partial charge in [-0.3, -0.25) is 0 Å². The zero-order valence-corrected chi connectivity index (χ0v) is 20.9. The number of anilines is 2. The highest BCUT2D eigenvalue weighted by atomic mass is 32.1. The van der Waals surface area contributed by atoms with E-state index < -0.39 is 0 Å². The minimum atomic E-state index is 0.174. The molecule has 36 heavy (non-hydrogen) atoms. The lowest BCUT2D eigenvalue weighted by molar-refractivity contribution is 0.156. The molecule has 0 unspecified atom stereocenters. The fourth-order valence-corrected chi connectivity index (χ4v) is 5.16. The van der Waals surface area contributed by atoms with E-state index in [2.05, 4.69) is 31.7 Å². The molecule has 5 aromatic rings. The number of nitrogens with one attached hydrogen (secondary N) is 2. The molecule has 1 saturated heterocycles. The van der Waals surface area contributed by atoms with Gasteiger partial charge in [-0.05, 0) is 81.7 Å². The highest BCUT2D eigenvalue weighted by Gasteiger charge is 2.16. The fraction of sp³-hybridized carbons (Fsp3) is 0.259. The molecule has 0 radical (unpaired) electrons. The van der Waals surface area contributed by atoms with Gasteiger partial charge in [-0.15, -0.1) is 11.3 Å². The van der Waals surface area contributed by atoms with Crippen LogP contribution in [0, 0.1) is 13.8 Å². The molecule has 0 aliphatic carbocycles. The predicted octanol–water partition coefficient (Wildman–Crippen LogP) is 5.92. The Bertz CT molecular complexity index is 1550. The van der Waals surface area contributed by atoms with Crippen molar-refractivity contribution in [3.05, 3.63) is 65.4 Å². The Kier molecular flexibility index (Phi) is 6.08. The first-order valence-corrected chi connectivity index (χ1v) is 12.8. The van der Waals surface area contributed by atoms with Gasteiger partial charge in [-0.25, -0.2) is 19.9 Å². The lowest BCUT2D eigenvalue weighted by atomic mass is 10.1. The van der Waals surface area contributed by atoms with Crippen molar-refractivity contribution in [2.24, 2.45) is 0 Å². The van der Waals surface area contributed by atoms with Gasteiger partial charge in [0.25, 0.3) is 0 Å². The Labute approximate surface area is 212 Å². The maximum atomic E-state index is 6.17. The van der Waals surface area contributed by atoms with Crippen LogP contribution in [0.3, 0.4) is 0 Å². The second-order valence-corrected chi connectivity index (χ2v) is 10.1. The monoisotopic (exact) mass is 498 g/mol. The van der Waals surface area contributed by atoms with Crippen molar-refractivity contribution in [3.63, 3.8) is 0 Å². The molecule has 0 bridgehead atoms. The van der Waals surface area contributed by atoms with Crippen molar-refractivity contribution in [1.29, 1.82) is 0 Å². The number of aromatic nitrogens is 4. The maximum Gasteiger partial charge on any atom is 0.214 e. The van der Waals surface area contributed by atoms with E-state index in [9.17, 15) is 0 Å². The number of fused-ring (bicyclic) bond motifs is 2. The molecular weight excluding hydrogens is 472 g/mol. The van der Waals surface area contributed by atoms with Crippen LogP contribution >= 0.6 is 11.3 Å². The number of hydrogen-bond donors (Lipinski definition) is 2. The molecule has 2 aromatic carbocycles. The molecule has 0 amide bonds. The molecule has 0 saturated carbocycles. The van der Waals surface area contributed by atoms with E-state index in [1.807, 2.05) is 56.3 Å². The second-order valence-electron chi connectivity index (χ2n) is 8.88. The van der Waals surface area contributed by atoms with Crippen LogP contribution in [0.5, 0.6) is 17.4 Å². The van der Waals surface area contributed by atoms with Gasteiger partial charge in [0, 0.05) is 17.8 Å². The van der Waals surface area contributed by atoms with Crippen LogP contribution in [0.25, 0.3) is 21.3 Å². The largest absolute Gasteiger partial charge is 0.474 e. The summed E-state index contributed by atoms with van der Waals surface area (Å²) < 4.78 is 13.5. The number of pyridine rings is 1. The van der Waals surface area contributed by atoms with Gasteiger partial charge in [-0.2, -0.15) is 0 Å². The molecule has 3 aromatic heterocycles. The van der Waals surface area contributed by atoms with Crippen molar-refractivity contribution in [1.82, 2.24) is 25.3 Å². The highest BCUT2D eigenvalue weighted by molar-refractivity contribution is 7.18. The van der Waals surface area contributed by atoms with Crippen LogP contribution in [-0.4, -0.2) is 39.1 Å². The number of hydrogen-bond acceptors (Lipinski definition) is 9. The van der Waals surface area contributed by atoms with Gasteiger partial charge in [0.05, 0.1) is 20.7 Å². The Hall–Kier alpha value is -3.82. The van der Waals surface area contributed by atoms with Crippen molar-refractivity contribution in [2.75, 3.05) is 18.4 Å². The molecule has 182 valence electrons. The molecule has 4 heterocycles. The standard InChI is InChI=1S/C27H26N6O2S/c1-16-13-18(3-6-23(16)34-20-4-7-24-22(14-20)31-17(2)36-24)32-27-26-21(29-15-30-27)5-8-25(33-26)35-19-9-11-28-12-10-19/h3-8,13-15,19,28H,9-12H2,1-2H3,(H,29,30,32). The van der Waals surface area contributed by atoms with Crippen LogP contribution in [0.15, 0.2) is 54.9 Å². The van der Waals surface area contributed by atoms with Crippen molar-refractivity contribution < 1.29 is 9.47 Å². The SMILES string of the molecule is Cc1nc2cc(Oc3ccc(Nc4ncnc5ccc(OC6CCNCC6)nc45)cc3C)ccc2s1. The summed E-state index contributed by atoms with van der Waals surface area (Å²) in [6.07, 6.45) is 3.66. The third-order valence-corrected chi connectivity index (χ3v) is 7.11. The van der Waals surface area contributed by atoms with Crippen molar-refractivity contribution >= 4 is 44.1 Å². The van der Waals surface area contributed by atoms with Gasteiger partial charge in [-0.1, -0.05) is 0 Å². The second kappa shape index (κ2) is 9.67. The molecule has 1 aliphatic rings. The minimum absolute atomic E-state index is 0.174. The van der Waals surface area contributed by atoms with Crippen LogP contribution in [0.1, 0.15) is 23.4 Å². The molecule has 2 N–H and O–H groups in total. The van der Waals surface area contributed by atoms with E-state index in [4.69, 9.17) is 14.5 Å². The summed E-state index contributed by atoms with van der Waals surface area (Å²) in [6, 6.07) is 15.8. The third kappa shape index (κ3) is 4.80. The topological polar surface area (TPSA) is 94.1 Å². The summed E-state index contributed by atoms with van der Waals surface area (Å²) in [5.41, 5.74) is 4.27. The predicted molar refractivity (Wildman–Crippen MR) is 143 cm³/mol. The van der Waals surface area contributed by atoms with E-state index >= 15 is 0 Å². The van der Waals surface area contributed by atoms with E-state index in [1.165, 1.54) is 0 Å². The average Bonchev–Trinajstić information content (AvgIpc) is 3.26. The molecule has 6 rings (SSSR count). The summed E-state index contributed by atoms with van der Waals surface area (Å²) in [5, 5.41) is 7.79. The number of rotatable bonds is 6. The molecule has 1 aliphatic heterocycles. The first kappa shape index (κ1) is 22.6. The van der Waals surface area contributed by atoms with Crippen LogP contribution < -0.4 is 20.1 Å². The first-order chi connectivity index (χ1) is 17.6. The zero-order valence-electron chi connectivity index (χ0n) is 20.1. The molecule has 1 fully saturated rings. The van der Waals surface area contributed by atoms with Gasteiger partial charge in [0.1, 0.15) is 29.4 Å². The quantitative estimate of drug-likeness (QED) is 0.298. The molecule has 8 nitrogen and oxygen atoms in total. The Morgan fingerprint density at radius 2 is 1.83 bits per heavy atom. The molecule has 0 spiro atoms. The Morgan fingerprint density at radius 1 is 0.944 bits per heavy atom. The van der Waals surface area contributed by atoms with Crippen LogP contribution in [0.2, 0.25) is 0 Å². The Morgan fingerprint density at radius 3 is 2.69 bits per heavy atom. The molecule has 0 atom stereocenters. The number of nitrogens with zero attached hydrogens (tertiary/aromatic N) is 4. The lowest BCUT2D eigenvalue weighted by Gasteiger charge is -2.23. The normalized spacial score (nSPS) is 14.3. The van der Waals surface area contributed by atoms with Gasteiger partial charge in [0.15, 0.2) is 5.82 Å². The van der Waals surface area contributed by atoms with Crippen LogP contribution in [-0.2, 0) is 0 Å². The summed E-state index contributed by atoms with van der Waals surface area (Å²) in [4.78, 5) is 18.1. The van der Waals surface area contributed by atoms with Gasteiger partial charge < -0.3 is 20.1 Å². The van der Waals surface area contributed by atoms with Crippen LogP contribution in [0.4, 0.5) is 11.5 Å². The molecular formula is C27H26N6O2S. The summed E-state index contributed by atoms with van der Waals surface area (Å²) >= 11 is 1.68. The van der Waals surface area contributed by atoms with E-state index in [1.54, 1.807) is 17.7 Å². The lowest BCUT2D eigenvalue weighted by Crippen LogP contribution is -2.34. The van der Waals surface area contributed by atoms with E-state index in [-0.39, 0.29) is 6.10 Å². The smallest absolute Gasteiger partial charge is 0.214 e. The maximum absolute atomic E-state index is 6.17. The minimum Gasteiger partial charge on any atom is -0.474 e. The molecule has 9 heteroatoms. The number of piperidine rings is 1. The Balaban J connectivity index is 1.22.